The van der Waals surface area contributed by atoms with Crippen LogP contribution in [-0.2, 0) is 11.2 Å². The lowest BCUT2D eigenvalue weighted by Gasteiger charge is -2.14. The topological polar surface area (TPSA) is 20.3 Å². The number of unbranched alkanes of at least 4 members (excludes halogenated alkanes) is 1. The fourth-order valence-corrected chi connectivity index (χ4v) is 2.09. The maximum Gasteiger partial charge on any atom is 0.223 e. The van der Waals surface area contributed by atoms with Gasteiger partial charge in [0.1, 0.15) is 0 Å². The molecule has 1 heterocycles. The van der Waals surface area contributed by atoms with E-state index in [0.29, 0.717) is 12.3 Å². The first-order chi connectivity index (χ1) is 8.36. The Hall–Kier alpha value is -1.57. The van der Waals surface area contributed by atoms with E-state index in [9.17, 15) is 4.79 Å². The summed E-state index contributed by atoms with van der Waals surface area (Å²) < 4.78 is 0. The van der Waals surface area contributed by atoms with Gasteiger partial charge in [-0.05, 0) is 24.8 Å². The molecule has 0 saturated heterocycles. The normalized spacial score (nSPS) is 14.2. The highest BCUT2D eigenvalue weighted by Crippen LogP contribution is 2.09. The zero-order chi connectivity index (χ0) is 11.9. The molecular weight excluding hydrogens is 210 g/mol. The van der Waals surface area contributed by atoms with Gasteiger partial charge < -0.3 is 4.90 Å². The molecule has 0 unspecified atom stereocenters. The summed E-state index contributed by atoms with van der Waals surface area (Å²) >= 11 is 0. The first-order valence-corrected chi connectivity index (χ1v) is 6.33. The fourth-order valence-electron chi connectivity index (χ4n) is 2.09. The quantitative estimate of drug-likeness (QED) is 0.561. The summed E-state index contributed by atoms with van der Waals surface area (Å²) in [5.74, 6) is 0.295. The molecule has 0 spiro atoms. The van der Waals surface area contributed by atoms with Crippen molar-refractivity contribution in [2.24, 2.45) is 0 Å². The van der Waals surface area contributed by atoms with Gasteiger partial charge in [-0.2, -0.15) is 0 Å². The first kappa shape index (κ1) is 11.9. The zero-order valence-electron chi connectivity index (χ0n) is 10.1. The van der Waals surface area contributed by atoms with Crippen molar-refractivity contribution in [3.8, 4) is 0 Å². The molecule has 0 atom stereocenters. The van der Waals surface area contributed by atoms with Crippen molar-refractivity contribution in [2.45, 2.75) is 25.7 Å². The number of hydrogen-bond acceptors (Lipinski definition) is 1. The summed E-state index contributed by atoms with van der Waals surface area (Å²) in [6.45, 7) is 1.61. The smallest absolute Gasteiger partial charge is 0.223 e. The van der Waals surface area contributed by atoms with Gasteiger partial charge in [0.25, 0.3) is 0 Å². The highest BCUT2D eigenvalue weighted by atomic mass is 16.2. The summed E-state index contributed by atoms with van der Waals surface area (Å²) in [5.41, 5.74) is 1.36. The largest absolute Gasteiger partial charge is 0.335 e. The summed E-state index contributed by atoms with van der Waals surface area (Å²) in [6, 6.07) is 10.5. The van der Waals surface area contributed by atoms with E-state index >= 15 is 0 Å². The lowest BCUT2D eigenvalue weighted by atomic mass is 10.1. The summed E-state index contributed by atoms with van der Waals surface area (Å²) in [5, 5.41) is 0. The molecule has 1 aliphatic rings. The standard InChI is InChI=1S/C15H19NO/c17-15(16-12-6-7-13-16)11-5-4-10-14-8-2-1-3-9-14/h1-3,6-9H,4-5,10-13H2. The van der Waals surface area contributed by atoms with Crippen molar-refractivity contribution in [2.75, 3.05) is 13.1 Å². The average Bonchev–Trinajstić information content (AvgIpc) is 2.89. The lowest BCUT2D eigenvalue weighted by Crippen LogP contribution is -2.27. The summed E-state index contributed by atoms with van der Waals surface area (Å²) in [4.78, 5) is 13.6. The molecule has 0 bridgehead atoms. The van der Waals surface area contributed by atoms with Gasteiger partial charge in [-0.1, -0.05) is 42.5 Å². The number of carbonyl (C=O) groups is 1. The van der Waals surface area contributed by atoms with Gasteiger partial charge >= 0.3 is 0 Å². The molecule has 0 aliphatic carbocycles. The molecule has 2 rings (SSSR count). The van der Waals surface area contributed by atoms with E-state index in [1.165, 1.54) is 5.56 Å². The predicted molar refractivity (Wildman–Crippen MR) is 69.7 cm³/mol. The molecule has 0 aromatic heterocycles. The van der Waals surface area contributed by atoms with E-state index in [1.54, 1.807) is 0 Å². The van der Waals surface area contributed by atoms with Gasteiger partial charge in [-0.25, -0.2) is 0 Å². The van der Waals surface area contributed by atoms with Crippen molar-refractivity contribution in [1.29, 1.82) is 0 Å². The van der Waals surface area contributed by atoms with E-state index < -0.39 is 0 Å². The van der Waals surface area contributed by atoms with Crippen molar-refractivity contribution in [3.63, 3.8) is 0 Å². The Kier molecular flexibility index (Phi) is 4.37. The SMILES string of the molecule is O=C(CCCCc1ccccc1)N1CC=CC1. The lowest BCUT2D eigenvalue weighted by molar-refractivity contribution is -0.129. The maximum atomic E-state index is 11.7. The highest BCUT2D eigenvalue weighted by Gasteiger charge is 2.12. The average molecular weight is 229 g/mol. The van der Waals surface area contributed by atoms with Gasteiger partial charge in [-0.15, -0.1) is 0 Å². The molecule has 0 fully saturated rings. The van der Waals surface area contributed by atoms with Crippen LogP contribution in [0.2, 0.25) is 0 Å². The molecule has 17 heavy (non-hydrogen) atoms. The number of benzene rings is 1. The van der Waals surface area contributed by atoms with Crippen LogP contribution in [0.5, 0.6) is 0 Å². The Balaban J connectivity index is 1.61. The number of amides is 1. The monoisotopic (exact) mass is 229 g/mol. The third kappa shape index (κ3) is 3.74. The number of hydrogen-bond donors (Lipinski definition) is 0. The minimum absolute atomic E-state index is 0.295. The second kappa shape index (κ2) is 6.24. The van der Waals surface area contributed by atoms with E-state index in [2.05, 4.69) is 36.4 Å². The Morgan fingerprint density at radius 2 is 1.76 bits per heavy atom. The highest BCUT2D eigenvalue weighted by molar-refractivity contribution is 5.76. The van der Waals surface area contributed by atoms with E-state index in [1.807, 2.05) is 11.0 Å². The Bertz CT molecular complexity index is 375. The van der Waals surface area contributed by atoms with Crippen LogP contribution in [0.1, 0.15) is 24.8 Å². The molecule has 2 heteroatoms. The van der Waals surface area contributed by atoms with Gasteiger partial charge in [0.15, 0.2) is 0 Å². The molecule has 1 aromatic rings. The van der Waals surface area contributed by atoms with Gasteiger partial charge in [-0.3, -0.25) is 4.79 Å². The van der Waals surface area contributed by atoms with Crippen molar-refractivity contribution in [1.82, 2.24) is 4.90 Å². The molecular formula is C15H19NO. The van der Waals surface area contributed by atoms with Crippen LogP contribution < -0.4 is 0 Å². The second-order valence-corrected chi connectivity index (χ2v) is 4.46. The van der Waals surface area contributed by atoms with E-state index in [0.717, 1.165) is 32.4 Å². The Labute approximate surface area is 103 Å². The fraction of sp³-hybridized carbons (Fsp3) is 0.400. The van der Waals surface area contributed by atoms with Crippen LogP contribution in [0.3, 0.4) is 0 Å². The minimum atomic E-state index is 0.295. The maximum absolute atomic E-state index is 11.7. The molecule has 2 nitrogen and oxygen atoms in total. The molecule has 1 aromatic carbocycles. The van der Waals surface area contributed by atoms with Gasteiger partial charge in [0, 0.05) is 19.5 Å². The summed E-state index contributed by atoms with van der Waals surface area (Å²) in [6.07, 6.45) is 7.96. The minimum Gasteiger partial charge on any atom is -0.335 e. The predicted octanol–water partition coefficient (Wildman–Crippen LogP) is 2.80. The van der Waals surface area contributed by atoms with Crippen LogP contribution in [0, 0.1) is 0 Å². The molecule has 0 radical (unpaired) electrons. The van der Waals surface area contributed by atoms with Crippen molar-refractivity contribution >= 4 is 5.91 Å². The van der Waals surface area contributed by atoms with E-state index in [-0.39, 0.29) is 0 Å². The van der Waals surface area contributed by atoms with Crippen LogP contribution >= 0.6 is 0 Å². The third-order valence-corrected chi connectivity index (χ3v) is 3.12. The molecule has 90 valence electrons. The molecule has 1 amide bonds. The van der Waals surface area contributed by atoms with Gasteiger partial charge in [0.2, 0.25) is 5.91 Å². The first-order valence-electron chi connectivity index (χ1n) is 6.33. The molecule has 0 N–H and O–H groups in total. The number of aryl methyl sites for hydroxylation is 1. The molecule has 1 aliphatic heterocycles. The number of nitrogens with zero attached hydrogens (tertiary/aromatic N) is 1. The van der Waals surface area contributed by atoms with E-state index in [4.69, 9.17) is 0 Å². The number of carbonyl (C=O) groups excluding carboxylic acids is 1. The number of rotatable bonds is 5. The van der Waals surface area contributed by atoms with Crippen LogP contribution in [0.25, 0.3) is 0 Å². The second-order valence-electron chi connectivity index (χ2n) is 4.46. The van der Waals surface area contributed by atoms with Gasteiger partial charge in [0.05, 0.1) is 0 Å². The van der Waals surface area contributed by atoms with Crippen LogP contribution in [0.4, 0.5) is 0 Å². The zero-order valence-corrected chi connectivity index (χ0v) is 10.1. The molecule has 0 saturated carbocycles. The van der Waals surface area contributed by atoms with Crippen LogP contribution in [-0.4, -0.2) is 23.9 Å². The Morgan fingerprint density at radius 1 is 1.06 bits per heavy atom. The summed E-state index contributed by atoms with van der Waals surface area (Å²) in [7, 11) is 0. The Morgan fingerprint density at radius 3 is 2.47 bits per heavy atom. The third-order valence-electron chi connectivity index (χ3n) is 3.12. The van der Waals surface area contributed by atoms with Crippen molar-refractivity contribution < 1.29 is 4.79 Å². The van der Waals surface area contributed by atoms with Crippen LogP contribution in [0.15, 0.2) is 42.5 Å². The van der Waals surface area contributed by atoms with Crippen molar-refractivity contribution in [3.05, 3.63) is 48.0 Å².